The van der Waals surface area contributed by atoms with E-state index >= 15 is 0 Å². The van der Waals surface area contributed by atoms with Crippen molar-refractivity contribution in [1.82, 2.24) is 4.98 Å². The number of hydrogen-bond donors (Lipinski definition) is 1. The van der Waals surface area contributed by atoms with Gasteiger partial charge in [0, 0.05) is 13.1 Å². The predicted molar refractivity (Wildman–Crippen MR) is 55.8 cm³/mol. The molecule has 5 heteroatoms. The standard InChI is InChI=1S/C9H14N2O2S/c1-7-8(6-12)14-9(10-7)11-2-4-13-5-3-11/h12H,2-6H2,1H3. The predicted octanol–water partition coefficient (Wildman–Crippen LogP) is 0.780. The molecule has 0 spiro atoms. The molecule has 1 aliphatic heterocycles. The normalized spacial score (nSPS) is 17.4. The fraction of sp³-hybridized carbons (Fsp3) is 0.667. The van der Waals surface area contributed by atoms with Crippen LogP contribution in [0, 0.1) is 6.92 Å². The van der Waals surface area contributed by atoms with Gasteiger partial charge in [-0.3, -0.25) is 0 Å². The van der Waals surface area contributed by atoms with Crippen LogP contribution in [0.4, 0.5) is 5.13 Å². The zero-order chi connectivity index (χ0) is 9.97. The summed E-state index contributed by atoms with van der Waals surface area (Å²) in [4.78, 5) is 7.61. The third-order valence-corrected chi connectivity index (χ3v) is 3.51. The van der Waals surface area contributed by atoms with Crippen molar-refractivity contribution < 1.29 is 9.84 Å². The molecule has 0 radical (unpaired) electrons. The number of anilines is 1. The smallest absolute Gasteiger partial charge is 0.186 e. The Morgan fingerprint density at radius 3 is 2.79 bits per heavy atom. The van der Waals surface area contributed by atoms with Gasteiger partial charge in [-0.25, -0.2) is 4.98 Å². The molecule has 0 bridgehead atoms. The lowest BCUT2D eigenvalue weighted by Crippen LogP contribution is -2.36. The number of ether oxygens (including phenoxy) is 1. The van der Waals surface area contributed by atoms with Crippen LogP contribution in [0.1, 0.15) is 10.6 Å². The average Bonchev–Trinajstić information content (AvgIpc) is 2.61. The number of nitrogens with zero attached hydrogens (tertiary/aromatic N) is 2. The van der Waals surface area contributed by atoms with Crippen LogP contribution in [0.2, 0.25) is 0 Å². The summed E-state index contributed by atoms with van der Waals surface area (Å²) in [5.41, 5.74) is 0.944. The lowest BCUT2D eigenvalue weighted by atomic mass is 10.4. The van der Waals surface area contributed by atoms with Gasteiger partial charge in [0.05, 0.1) is 30.4 Å². The van der Waals surface area contributed by atoms with Crippen LogP contribution < -0.4 is 4.90 Å². The maximum atomic E-state index is 9.06. The molecule has 1 saturated heterocycles. The molecule has 1 aromatic heterocycles. The number of aromatic nitrogens is 1. The summed E-state index contributed by atoms with van der Waals surface area (Å²) in [5.74, 6) is 0. The molecule has 1 fully saturated rings. The van der Waals surface area contributed by atoms with Crippen LogP contribution in [-0.2, 0) is 11.3 Å². The molecule has 0 atom stereocenters. The van der Waals surface area contributed by atoms with Crippen molar-refractivity contribution in [3.8, 4) is 0 Å². The van der Waals surface area contributed by atoms with Gasteiger partial charge in [0.25, 0.3) is 0 Å². The van der Waals surface area contributed by atoms with E-state index in [-0.39, 0.29) is 6.61 Å². The zero-order valence-corrected chi connectivity index (χ0v) is 9.01. The Kier molecular flexibility index (Phi) is 3.00. The van der Waals surface area contributed by atoms with Crippen molar-refractivity contribution in [3.05, 3.63) is 10.6 Å². The lowest BCUT2D eigenvalue weighted by Gasteiger charge is -2.26. The van der Waals surface area contributed by atoms with Crippen molar-refractivity contribution in [3.63, 3.8) is 0 Å². The Bertz CT molecular complexity index is 308. The second-order valence-electron chi connectivity index (χ2n) is 3.26. The molecule has 14 heavy (non-hydrogen) atoms. The van der Waals surface area contributed by atoms with Gasteiger partial charge in [0.15, 0.2) is 5.13 Å². The van der Waals surface area contributed by atoms with Crippen LogP contribution in [-0.4, -0.2) is 36.4 Å². The van der Waals surface area contributed by atoms with Crippen LogP contribution in [0.15, 0.2) is 0 Å². The second-order valence-corrected chi connectivity index (χ2v) is 4.32. The van der Waals surface area contributed by atoms with E-state index in [9.17, 15) is 0 Å². The molecule has 0 saturated carbocycles. The largest absolute Gasteiger partial charge is 0.391 e. The minimum Gasteiger partial charge on any atom is -0.391 e. The molecule has 0 aromatic carbocycles. The number of aliphatic hydroxyl groups is 1. The Morgan fingerprint density at radius 1 is 1.50 bits per heavy atom. The highest BCUT2D eigenvalue weighted by Gasteiger charge is 2.16. The Hall–Kier alpha value is -0.650. The summed E-state index contributed by atoms with van der Waals surface area (Å²) in [7, 11) is 0. The van der Waals surface area contributed by atoms with Crippen molar-refractivity contribution >= 4 is 16.5 Å². The summed E-state index contributed by atoms with van der Waals surface area (Å²) >= 11 is 1.58. The number of aliphatic hydroxyl groups excluding tert-OH is 1. The Balaban J connectivity index is 2.14. The SMILES string of the molecule is Cc1nc(N2CCOCC2)sc1CO. The fourth-order valence-corrected chi connectivity index (χ4v) is 2.42. The molecule has 1 aromatic rings. The molecule has 2 rings (SSSR count). The van der Waals surface area contributed by atoms with E-state index in [4.69, 9.17) is 9.84 Å². The minimum atomic E-state index is 0.0911. The number of morpholine rings is 1. The summed E-state index contributed by atoms with van der Waals surface area (Å²) < 4.78 is 5.27. The van der Waals surface area contributed by atoms with Crippen LogP contribution in [0.25, 0.3) is 0 Å². The van der Waals surface area contributed by atoms with E-state index in [0.29, 0.717) is 0 Å². The van der Waals surface area contributed by atoms with Crippen LogP contribution in [0.5, 0.6) is 0 Å². The minimum absolute atomic E-state index is 0.0911. The molecular formula is C9H14N2O2S. The Labute approximate surface area is 87.1 Å². The molecule has 0 unspecified atom stereocenters. The highest BCUT2D eigenvalue weighted by molar-refractivity contribution is 7.15. The van der Waals surface area contributed by atoms with Gasteiger partial charge in [-0.15, -0.1) is 0 Å². The average molecular weight is 214 g/mol. The van der Waals surface area contributed by atoms with Crippen molar-refractivity contribution in [1.29, 1.82) is 0 Å². The van der Waals surface area contributed by atoms with Gasteiger partial charge in [-0.1, -0.05) is 11.3 Å². The summed E-state index contributed by atoms with van der Waals surface area (Å²) in [6.07, 6.45) is 0. The molecule has 4 nitrogen and oxygen atoms in total. The van der Waals surface area contributed by atoms with E-state index in [2.05, 4.69) is 9.88 Å². The third-order valence-electron chi connectivity index (χ3n) is 2.31. The van der Waals surface area contributed by atoms with Crippen molar-refractivity contribution in [2.24, 2.45) is 0 Å². The van der Waals surface area contributed by atoms with Crippen molar-refractivity contribution in [2.75, 3.05) is 31.2 Å². The fourth-order valence-electron chi connectivity index (χ4n) is 1.45. The molecular weight excluding hydrogens is 200 g/mol. The maximum Gasteiger partial charge on any atom is 0.186 e. The first-order valence-electron chi connectivity index (χ1n) is 4.71. The van der Waals surface area contributed by atoms with Crippen LogP contribution in [0.3, 0.4) is 0 Å². The number of rotatable bonds is 2. The van der Waals surface area contributed by atoms with E-state index in [0.717, 1.165) is 42.0 Å². The van der Waals surface area contributed by atoms with Crippen molar-refractivity contribution in [2.45, 2.75) is 13.5 Å². The van der Waals surface area contributed by atoms with Gasteiger partial charge < -0.3 is 14.7 Å². The van der Waals surface area contributed by atoms with Gasteiger partial charge in [-0.05, 0) is 6.92 Å². The molecule has 1 aliphatic rings. The monoisotopic (exact) mass is 214 g/mol. The summed E-state index contributed by atoms with van der Waals surface area (Å²) in [5, 5.41) is 10.1. The zero-order valence-electron chi connectivity index (χ0n) is 8.19. The van der Waals surface area contributed by atoms with Gasteiger partial charge in [-0.2, -0.15) is 0 Å². The quantitative estimate of drug-likeness (QED) is 0.790. The van der Waals surface area contributed by atoms with E-state index in [1.807, 2.05) is 6.92 Å². The molecule has 78 valence electrons. The molecule has 2 heterocycles. The Morgan fingerprint density at radius 2 is 2.21 bits per heavy atom. The number of aryl methyl sites for hydroxylation is 1. The first-order valence-corrected chi connectivity index (χ1v) is 5.53. The molecule has 1 N–H and O–H groups in total. The van der Waals surface area contributed by atoms with Gasteiger partial charge in [0.2, 0.25) is 0 Å². The highest BCUT2D eigenvalue weighted by atomic mass is 32.1. The first-order chi connectivity index (χ1) is 6.81. The second kappa shape index (κ2) is 4.25. The topological polar surface area (TPSA) is 45.6 Å². The summed E-state index contributed by atoms with van der Waals surface area (Å²) in [6.45, 7) is 5.37. The number of thiazole rings is 1. The van der Waals surface area contributed by atoms with E-state index in [1.54, 1.807) is 11.3 Å². The van der Waals surface area contributed by atoms with Crippen LogP contribution >= 0.6 is 11.3 Å². The highest BCUT2D eigenvalue weighted by Crippen LogP contribution is 2.26. The molecule has 0 aliphatic carbocycles. The van der Waals surface area contributed by atoms with E-state index < -0.39 is 0 Å². The maximum absolute atomic E-state index is 9.06. The first kappa shape index (κ1) is 9.89. The lowest BCUT2D eigenvalue weighted by molar-refractivity contribution is 0.122. The summed E-state index contributed by atoms with van der Waals surface area (Å²) in [6, 6.07) is 0. The molecule has 0 amide bonds. The van der Waals surface area contributed by atoms with Gasteiger partial charge in [0.1, 0.15) is 0 Å². The van der Waals surface area contributed by atoms with Gasteiger partial charge >= 0.3 is 0 Å². The number of hydrogen-bond acceptors (Lipinski definition) is 5. The third kappa shape index (κ3) is 1.89. The van der Waals surface area contributed by atoms with E-state index in [1.165, 1.54) is 0 Å².